The van der Waals surface area contributed by atoms with Crippen molar-refractivity contribution in [2.24, 2.45) is 0 Å². The second-order valence-electron chi connectivity index (χ2n) is 5.83. The molecule has 1 fully saturated rings. The van der Waals surface area contributed by atoms with E-state index in [0.717, 1.165) is 30.5 Å². The molecule has 2 nitrogen and oxygen atoms in total. The van der Waals surface area contributed by atoms with Crippen LogP contribution in [0.15, 0.2) is 29.8 Å². The van der Waals surface area contributed by atoms with Crippen LogP contribution in [-0.4, -0.2) is 17.6 Å². The minimum absolute atomic E-state index is 0.546. The Balaban J connectivity index is 1.65. The van der Waals surface area contributed by atoms with Crippen LogP contribution >= 0.6 is 22.9 Å². The monoisotopic (exact) mass is 320 g/mol. The van der Waals surface area contributed by atoms with E-state index in [9.17, 15) is 0 Å². The molecule has 2 aromatic rings. The summed E-state index contributed by atoms with van der Waals surface area (Å²) in [5.41, 5.74) is 4.52. The third-order valence-electron chi connectivity index (χ3n) is 4.14. The summed E-state index contributed by atoms with van der Waals surface area (Å²) < 4.78 is 0. The third kappa shape index (κ3) is 4.29. The fraction of sp³-hybridized carbons (Fsp3) is 0.471. The van der Waals surface area contributed by atoms with Gasteiger partial charge in [-0.25, -0.2) is 4.98 Å². The van der Waals surface area contributed by atoms with Crippen molar-refractivity contribution in [3.8, 4) is 0 Å². The van der Waals surface area contributed by atoms with E-state index in [-0.39, 0.29) is 0 Å². The van der Waals surface area contributed by atoms with Gasteiger partial charge in [-0.1, -0.05) is 23.7 Å². The van der Waals surface area contributed by atoms with Gasteiger partial charge in [0, 0.05) is 22.5 Å². The molecule has 1 aromatic heterocycles. The molecular weight excluding hydrogens is 300 g/mol. The maximum absolute atomic E-state index is 6.01. The Labute approximate surface area is 135 Å². The van der Waals surface area contributed by atoms with Gasteiger partial charge in [0.15, 0.2) is 0 Å². The van der Waals surface area contributed by atoms with Crippen LogP contribution in [0, 0.1) is 6.92 Å². The van der Waals surface area contributed by atoms with Crippen molar-refractivity contribution >= 4 is 22.9 Å². The first-order valence-electron chi connectivity index (χ1n) is 7.60. The van der Waals surface area contributed by atoms with E-state index in [4.69, 9.17) is 11.6 Å². The van der Waals surface area contributed by atoms with Crippen LogP contribution in [0.1, 0.15) is 41.3 Å². The van der Waals surface area contributed by atoms with Crippen LogP contribution in [0.3, 0.4) is 0 Å². The quantitative estimate of drug-likeness (QED) is 0.808. The zero-order chi connectivity index (χ0) is 14.7. The maximum atomic E-state index is 6.01. The van der Waals surface area contributed by atoms with Crippen LogP contribution < -0.4 is 5.32 Å². The number of hydrogen-bond donors (Lipinski definition) is 1. The molecule has 1 aliphatic carbocycles. The summed E-state index contributed by atoms with van der Waals surface area (Å²) in [6.07, 6.45) is 4.93. The number of nitrogens with zero attached hydrogens (tertiary/aromatic N) is 1. The van der Waals surface area contributed by atoms with Crippen LogP contribution in [0.2, 0.25) is 5.02 Å². The lowest BCUT2D eigenvalue weighted by molar-refractivity contribution is 0.549. The van der Waals surface area contributed by atoms with Gasteiger partial charge >= 0.3 is 0 Å². The van der Waals surface area contributed by atoms with Crippen molar-refractivity contribution in [2.75, 3.05) is 6.54 Å². The molecular formula is C17H21ClN2S. The molecule has 1 aliphatic rings. The zero-order valence-corrected chi connectivity index (χ0v) is 13.9. The van der Waals surface area contributed by atoms with E-state index in [1.54, 1.807) is 11.3 Å². The number of hydrogen-bond acceptors (Lipinski definition) is 3. The number of halogens is 1. The molecule has 0 aliphatic heterocycles. The van der Waals surface area contributed by atoms with Crippen LogP contribution in [-0.2, 0) is 6.42 Å². The lowest BCUT2D eigenvalue weighted by Gasteiger charge is -2.18. The molecule has 4 heteroatoms. The fourth-order valence-corrected chi connectivity index (χ4v) is 3.51. The number of nitrogens with one attached hydrogen (secondary N) is 1. The minimum atomic E-state index is 0.546. The molecule has 0 saturated heterocycles. The summed E-state index contributed by atoms with van der Waals surface area (Å²) in [5, 5.41) is 4.48. The average molecular weight is 321 g/mol. The topological polar surface area (TPSA) is 24.9 Å². The van der Waals surface area contributed by atoms with Gasteiger partial charge in [0.1, 0.15) is 0 Å². The summed E-state index contributed by atoms with van der Waals surface area (Å²) >= 11 is 7.78. The maximum Gasteiger partial charge on any atom is 0.0797 e. The van der Waals surface area contributed by atoms with Crippen molar-refractivity contribution in [3.63, 3.8) is 0 Å². The van der Waals surface area contributed by atoms with Crippen LogP contribution in [0.5, 0.6) is 0 Å². The highest BCUT2D eigenvalue weighted by Crippen LogP contribution is 2.27. The van der Waals surface area contributed by atoms with Gasteiger partial charge in [-0.3, -0.25) is 0 Å². The van der Waals surface area contributed by atoms with Crippen molar-refractivity contribution in [3.05, 3.63) is 50.9 Å². The van der Waals surface area contributed by atoms with Crippen molar-refractivity contribution in [1.29, 1.82) is 0 Å². The fourth-order valence-electron chi connectivity index (χ4n) is 2.59. The summed E-state index contributed by atoms with van der Waals surface area (Å²) in [6.45, 7) is 3.16. The largest absolute Gasteiger partial charge is 0.313 e. The van der Waals surface area contributed by atoms with E-state index >= 15 is 0 Å². The van der Waals surface area contributed by atoms with Gasteiger partial charge < -0.3 is 5.32 Å². The first kappa shape index (κ1) is 15.0. The Bertz CT molecular complexity index is 575. The van der Waals surface area contributed by atoms with Gasteiger partial charge in [-0.05, 0) is 56.2 Å². The number of aryl methyl sites for hydroxylation is 2. The van der Waals surface area contributed by atoms with Crippen molar-refractivity contribution in [2.45, 2.75) is 44.6 Å². The lowest BCUT2D eigenvalue weighted by atomic mass is 9.93. The molecule has 21 heavy (non-hydrogen) atoms. The number of rotatable bonds is 7. The molecule has 3 rings (SSSR count). The molecule has 1 heterocycles. The highest BCUT2D eigenvalue weighted by molar-refractivity contribution is 7.09. The molecule has 1 N–H and O–H groups in total. The van der Waals surface area contributed by atoms with Crippen molar-refractivity contribution < 1.29 is 0 Å². The van der Waals surface area contributed by atoms with Gasteiger partial charge in [-0.2, -0.15) is 0 Å². The van der Waals surface area contributed by atoms with E-state index in [1.807, 2.05) is 17.6 Å². The Hall–Kier alpha value is -0.900. The third-order valence-corrected chi connectivity index (χ3v) is 5.38. The zero-order valence-electron chi connectivity index (χ0n) is 12.3. The molecule has 1 atom stereocenters. The highest BCUT2D eigenvalue weighted by Gasteiger charge is 2.22. The van der Waals surface area contributed by atoms with Gasteiger partial charge in [-0.15, -0.1) is 11.3 Å². The predicted molar refractivity (Wildman–Crippen MR) is 90.4 cm³/mol. The van der Waals surface area contributed by atoms with Gasteiger partial charge in [0.25, 0.3) is 0 Å². The number of benzene rings is 1. The Morgan fingerprint density at radius 1 is 1.33 bits per heavy atom. The van der Waals surface area contributed by atoms with Gasteiger partial charge in [0.2, 0.25) is 0 Å². The minimum Gasteiger partial charge on any atom is -0.313 e. The number of aromatic nitrogens is 1. The summed E-state index contributed by atoms with van der Waals surface area (Å²) in [7, 11) is 0. The van der Waals surface area contributed by atoms with E-state index in [2.05, 4.69) is 29.4 Å². The number of thiazole rings is 1. The van der Waals surface area contributed by atoms with E-state index in [0.29, 0.717) is 5.92 Å². The Kier molecular flexibility index (Phi) is 4.94. The molecule has 112 valence electrons. The second kappa shape index (κ2) is 6.91. The SMILES string of the molecule is Cc1ncsc1CCC(CNC1CC1)c1ccc(Cl)cc1. The first-order valence-corrected chi connectivity index (χ1v) is 8.86. The molecule has 0 radical (unpaired) electrons. The van der Waals surface area contributed by atoms with Gasteiger partial charge in [0.05, 0.1) is 11.2 Å². The van der Waals surface area contributed by atoms with Crippen LogP contribution in [0.25, 0.3) is 0 Å². The van der Waals surface area contributed by atoms with E-state index < -0.39 is 0 Å². The second-order valence-corrected chi connectivity index (χ2v) is 7.21. The summed E-state index contributed by atoms with van der Waals surface area (Å²) in [6, 6.07) is 9.09. The molecule has 0 amide bonds. The Morgan fingerprint density at radius 3 is 2.71 bits per heavy atom. The normalized spacial score (nSPS) is 16.1. The average Bonchev–Trinajstić information content (AvgIpc) is 3.22. The summed E-state index contributed by atoms with van der Waals surface area (Å²) in [4.78, 5) is 5.77. The molecule has 1 aromatic carbocycles. The highest BCUT2D eigenvalue weighted by atomic mass is 35.5. The molecule has 1 saturated carbocycles. The van der Waals surface area contributed by atoms with Crippen LogP contribution in [0.4, 0.5) is 0 Å². The predicted octanol–water partition coefficient (Wildman–Crippen LogP) is 4.57. The summed E-state index contributed by atoms with van der Waals surface area (Å²) in [5.74, 6) is 0.546. The molecule has 0 spiro atoms. The molecule has 0 bridgehead atoms. The smallest absolute Gasteiger partial charge is 0.0797 e. The van der Waals surface area contributed by atoms with Crippen molar-refractivity contribution in [1.82, 2.24) is 10.3 Å². The lowest BCUT2D eigenvalue weighted by Crippen LogP contribution is -2.24. The standard InChI is InChI=1S/C17H21ClN2S/c1-12-17(21-11-20-12)9-4-14(10-19-16-7-8-16)13-2-5-15(18)6-3-13/h2-3,5-6,11,14,16,19H,4,7-10H2,1H3. The Morgan fingerprint density at radius 2 is 2.10 bits per heavy atom. The molecule has 1 unspecified atom stereocenters. The van der Waals surface area contributed by atoms with E-state index in [1.165, 1.54) is 29.0 Å². The first-order chi connectivity index (χ1) is 10.2.